The van der Waals surface area contributed by atoms with Gasteiger partial charge in [-0.25, -0.2) is 4.39 Å². The Morgan fingerprint density at radius 1 is 1.21 bits per heavy atom. The van der Waals surface area contributed by atoms with Crippen molar-refractivity contribution in [2.75, 3.05) is 33.7 Å². The quantitative estimate of drug-likeness (QED) is 0.774. The highest BCUT2D eigenvalue weighted by molar-refractivity contribution is 5.80. The summed E-state index contributed by atoms with van der Waals surface area (Å²) < 4.78 is 15.2. The van der Waals surface area contributed by atoms with Crippen LogP contribution in [0.5, 0.6) is 0 Å². The maximum absolute atomic E-state index is 13.1. The van der Waals surface area contributed by atoms with E-state index in [0.29, 0.717) is 0 Å². The second-order valence-corrected chi connectivity index (χ2v) is 5.12. The Morgan fingerprint density at radius 3 is 2.84 bits per heavy atom. The van der Waals surface area contributed by atoms with Crippen LogP contribution in [0.25, 0.3) is 10.9 Å². The lowest BCUT2D eigenvalue weighted by atomic mass is 10.2. The van der Waals surface area contributed by atoms with Gasteiger partial charge in [-0.1, -0.05) is 0 Å². The summed E-state index contributed by atoms with van der Waals surface area (Å²) >= 11 is 0. The van der Waals surface area contributed by atoms with Crippen LogP contribution in [0, 0.1) is 5.82 Å². The minimum Gasteiger partial charge on any atom is -0.346 e. The first-order chi connectivity index (χ1) is 9.16. The molecule has 0 radical (unpaired) electrons. The van der Waals surface area contributed by atoms with Crippen LogP contribution in [-0.2, 0) is 6.54 Å². The van der Waals surface area contributed by atoms with Crippen molar-refractivity contribution in [1.29, 1.82) is 0 Å². The minimum absolute atomic E-state index is 0.174. The molecule has 0 aliphatic rings. The summed E-state index contributed by atoms with van der Waals surface area (Å²) in [5.41, 5.74) is 1.09. The molecule has 3 nitrogen and oxygen atoms in total. The van der Waals surface area contributed by atoms with Crippen LogP contribution in [0.4, 0.5) is 4.39 Å². The summed E-state index contributed by atoms with van der Waals surface area (Å²) in [5, 5.41) is 4.40. The average Bonchev–Trinajstić information content (AvgIpc) is 2.75. The molecule has 104 valence electrons. The zero-order valence-electron chi connectivity index (χ0n) is 11.7. The average molecular weight is 263 g/mol. The van der Waals surface area contributed by atoms with Crippen LogP contribution >= 0.6 is 0 Å². The predicted molar refractivity (Wildman–Crippen MR) is 77.9 cm³/mol. The summed E-state index contributed by atoms with van der Waals surface area (Å²) in [4.78, 5) is 2.19. The first-order valence-corrected chi connectivity index (χ1v) is 6.76. The standard InChI is InChI=1S/C15H22FN3/c1-18(2)9-3-7-17-8-11-19-10-6-13-12-14(16)4-5-15(13)19/h4-6,10,12,17H,3,7-9,11H2,1-2H3. The highest BCUT2D eigenvalue weighted by atomic mass is 19.1. The van der Waals surface area contributed by atoms with Crippen LogP contribution in [-0.4, -0.2) is 43.2 Å². The maximum Gasteiger partial charge on any atom is 0.123 e. The zero-order valence-corrected chi connectivity index (χ0v) is 11.7. The van der Waals surface area contributed by atoms with Crippen LogP contribution in [0.2, 0.25) is 0 Å². The summed E-state index contributed by atoms with van der Waals surface area (Å²) in [6.45, 7) is 4.00. The molecule has 0 fully saturated rings. The Bertz CT molecular complexity index is 519. The molecule has 0 atom stereocenters. The third kappa shape index (κ3) is 4.04. The molecule has 1 heterocycles. The van der Waals surface area contributed by atoms with E-state index in [-0.39, 0.29) is 5.82 Å². The molecule has 0 saturated carbocycles. The molecule has 1 N–H and O–H groups in total. The lowest BCUT2D eigenvalue weighted by molar-refractivity contribution is 0.393. The van der Waals surface area contributed by atoms with E-state index < -0.39 is 0 Å². The van der Waals surface area contributed by atoms with Crippen molar-refractivity contribution in [3.05, 3.63) is 36.3 Å². The van der Waals surface area contributed by atoms with Gasteiger partial charge >= 0.3 is 0 Å². The number of nitrogens with zero attached hydrogens (tertiary/aromatic N) is 2. The van der Waals surface area contributed by atoms with Crippen molar-refractivity contribution in [1.82, 2.24) is 14.8 Å². The predicted octanol–water partition coefficient (Wildman–Crippen LogP) is 2.32. The second-order valence-electron chi connectivity index (χ2n) is 5.12. The molecule has 1 aromatic carbocycles. The number of nitrogens with one attached hydrogen (secondary N) is 1. The van der Waals surface area contributed by atoms with Gasteiger partial charge in [-0.15, -0.1) is 0 Å². The van der Waals surface area contributed by atoms with E-state index >= 15 is 0 Å². The van der Waals surface area contributed by atoms with Crippen molar-refractivity contribution in [2.24, 2.45) is 0 Å². The SMILES string of the molecule is CN(C)CCCNCCn1ccc2cc(F)ccc21. The van der Waals surface area contributed by atoms with Crippen molar-refractivity contribution >= 4 is 10.9 Å². The zero-order chi connectivity index (χ0) is 13.7. The van der Waals surface area contributed by atoms with Crippen molar-refractivity contribution in [2.45, 2.75) is 13.0 Å². The highest BCUT2D eigenvalue weighted by Crippen LogP contribution is 2.16. The van der Waals surface area contributed by atoms with E-state index in [1.54, 1.807) is 6.07 Å². The number of hydrogen-bond donors (Lipinski definition) is 1. The second kappa shape index (κ2) is 6.68. The van der Waals surface area contributed by atoms with Crippen molar-refractivity contribution < 1.29 is 4.39 Å². The number of halogens is 1. The Balaban J connectivity index is 1.79. The Kier molecular flexibility index (Phi) is 4.93. The molecule has 19 heavy (non-hydrogen) atoms. The van der Waals surface area contributed by atoms with Gasteiger partial charge in [0.1, 0.15) is 5.82 Å². The van der Waals surface area contributed by atoms with Gasteiger partial charge in [-0.05, 0) is 57.9 Å². The van der Waals surface area contributed by atoms with Crippen LogP contribution in [0.15, 0.2) is 30.5 Å². The van der Waals surface area contributed by atoms with E-state index in [9.17, 15) is 4.39 Å². The molecule has 2 rings (SSSR count). The fraction of sp³-hybridized carbons (Fsp3) is 0.467. The number of hydrogen-bond acceptors (Lipinski definition) is 2. The molecule has 4 heteroatoms. The van der Waals surface area contributed by atoms with Gasteiger partial charge in [-0.2, -0.15) is 0 Å². The third-order valence-corrected chi connectivity index (χ3v) is 3.22. The Hall–Kier alpha value is -1.39. The number of fused-ring (bicyclic) bond motifs is 1. The van der Waals surface area contributed by atoms with Crippen LogP contribution in [0.1, 0.15) is 6.42 Å². The molecule has 0 spiro atoms. The van der Waals surface area contributed by atoms with E-state index in [0.717, 1.165) is 43.5 Å². The summed E-state index contributed by atoms with van der Waals surface area (Å²) in [7, 11) is 4.18. The molecule has 0 saturated heterocycles. The molecule has 0 amide bonds. The largest absolute Gasteiger partial charge is 0.346 e. The van der Waals surface area contributed by atoms with E-state index in [2.05, 4.69) is 28.9 Å². The fourth-order valence-electron chi connectivity index (χ4n) is 2.21. The summed E-state index contributed by atoms with van der Waals surface area (Å²) in [6, 6.07) is 6.90. The van der Waals surface area contributed by atoms with E-state index in [1.807, 2.05) is 18.3 Å². The molecule has 0 bridgehead atoms. The molecule has 0 aliphatic carbocycles. The number of aromatic nitrogens is 1. The Morgan fingerprint density at radius 2 is 2.05 bits per heavy atom. The van der Waals surface area contributed by atoms with Crippen molar-refractivity contribution in [3.8, 4) is 0 Å². The first kappa shape index (κ1) is 14.0. The molecular weight excluding hydrogens is 241 g/mol. The molecular formula is C15H22FN3. The van der Waals surface area contributed by atoms with Gasteiger partial charge in [0.05, 0.1) is 0 Å². The maximum atomic E-state index is 13.1. The monoisotopic (exact) mass is 263 g/mol. The van der Waals surface area contributed by atoms with Gasteiger partial charge in [0.2, 0.25) is 0 Å². The molecule has 0 aliphatic heterocycles. The number of rotatable bonds is 7. The summed E-state index contributed by atoms with van der Waals surface area (Å²) in [6.07, 6.45) is 3.18. The van der Waals surface area contributed by atoms with Crippen molar-refractivity contribution in [3.63, 3.8) is 0 Å². The van der Waals surface area contributed by atoms with Gasteiger partial charge in [0.15, 0.2) is 0 Å². The first-order valence-electron chi connectivity index (χ1n) is 6.76. The molecule has 2 aromatic rings. The topological polar surface area (TPSA) is 20.2 Å². The highest BCUT2D eigenvalue weighted by Gasteiger charge is 2.01. The van der Waals surface area contributed by atoms with E-state index in [4.69, 9.17) is 0 Å². The van der Waals surface area contributed by atoms with Gasteiger partial charge in [0.25, 0.3) is 0 Å². The normalized spacial score (nSPS) is 11.6. The number of benzene rings is 1. The minimum atomic E-state index is -0.174. The Labute approximate surface area is 114 Å². The van der Waals surface area contributed by atoms with E-state index in [1.165, 1.54) is 6.07 Å². The molecule has 0 unspecified atom stereocenters. The van der Waals surface area contributed by atoms with Crippen LogP contribution < -0.4 is 5.32 Å². The summed E-state index contributed by atoms with van der Waals surface area (Å²) in [5.74, 6) is -0.174. The van der Waals surface area contributed by atoms with Gasteiger partial charge in [0, 0.05) is 30.2 Å². The van der Waals surface area contributed by atoms with Gasteiger partial charge in [-0.3, -0.25) is 0 Å². The smallest absolute Gasteiger partial charge is 0.123 e. The third-order valence-electron chi connectivity index (χ3n) is 3.22. The van der Waals surface area contributed by atoms with Crippen LogP contribution in [0.3, 0.4) is 0 Å². The lowest BCUT2D eigenvalue weighted by Crippen LogP contribution is -2.24. The molecule has 1 aromatic heterocycles. The van der Waals surface area contributed by atoms with Gasteiger partial charge < -0.3 is 14.8 Å². The lowest BCUT2D eigenvalue weighted by Gasteiger charge is -2.10. The fourth-order valence-corrected chi connectivity index (χ4v) is 2.21.